The van der Waals surface area contributed by atoms with Crippen LogP contribution in [0.1, 0.15) is 13.3 Å². The van der Waals surface area contributed by atoms with Crippen molar-refractivity contribution in [3.63, 3.8) is 0 Å². The van der Waals surface area contributed by atoms with E-state index in [2.05, 4.69) is 6.07 Å². The Labute approximate surface area is 90.7 Å². The standard InChI is InChI=1S/C12H16NO2/c1-11(14)13(2)9-6-10-15-12-7-4-3-5-8-12/h3-4,7-8H,6,9-10H2,1-2H3. The van der Waals surface area contributed by atoms with Crippen LogP contribution in [0.3, 0.4) is 0 Å². The molecule has 81 valence electrons. The number of hydrogen-bond donors (Lipinski definition) is 0. The first kappa shape index (κ1) is 11.6. The first-order valence-electron chi connectivity index (χ1n) is 5.01. The van der Waals surface area contributed by atoms with Gasteiger partial charge in [-0.25, -0.2) is 0 Å². The summed E-state index contributed by atoms with van der Waals surface area (Å²) in [7, 11) is 1.79. The molecule has 0 aliphatic rings. The Kier molecular flexibility index (Phi) is 4.68. The number of carbonyl (C=O) groups excluding carboxylic acids is 1. The average molecular weight is 206 g/mol. The third-order valence-electron chi connectivity index (χ3n) is 2.12. The number of nitrogens with zero attached hydrogens (tertiary/aromatic N) is 1. The highest BCUT2D eigenvalue weighted by molar-refractivity contribution is 5.72. The van der Waals surface area contributed by atoms with E-state index >= 15 is 0 Å². The van der Waals surface area contributed by atoms with Gasteiger partial charge in [-0.15, -0.1) is 0 Å². The molecule has 0 aliphatic carbocycles. The van der Waals surface area contributed by atoms with Crippen LogP contribution in [-0.2, 0) is 4.79 Å². The van der Waals surface area contributed by atoms with Gasteiger partial charge in [0.1, 0.15) is 5.75 Å². The van der Waals surface area contributed by atoms with Gasteiger partial charge >= 0.3 is 0 Å². The summed E-state index contributed by atoms with van der Waals surface area (Å²) in [5.74, 6) is 0.908. The van der Waals surface area contributed by atoms with Crippen molar-refractivity contribution in [2.45, 2.75) is 13.3 Å². The van der Waals surface area contributed by atoms with Gasteiger partial charge < -0.3 is 9.64 Å². The summed E-state index contributed by atoms with van der Waals surface area (Å²) in [6.07, 6.45) is 0.838. The van der Waals surface area contributed by atoms with Crippen LogP contribution >= 0.6 is 0 Å². The van der Waals surface area contributed by atoms with E-state index in [4.69, 9.17) is 4.74 Å². The van der Waals surface area contributed by atoms with E-state index in [0.29, 0.717) is 6.61 Å². The molecule has 0 aromatic heterocycles. The van der Waals surface area contributed by atoms with Crippen molar-refractivity contribution in [2.75, 3.05) is 20.2 Å². The predicted molar refractivity (Wildman–Crippen MR) is 58.7 cm³/mol. The van der Waals surface area contributed by atoms with Crippen molar-refractivity contribution in [1.82, 2.24) is 4.90 Å². The van der Waals surface area contributed by atoms with E-state index in [1.165, 1.54) is 0 Å². The molecular weight excluding hydrogens is 190 g/mol. The minimum Gasteiger partial charge on any atom is -0.494 e. The fourth-order valence-corrected chi connectivity index (χ4v) is 1.12. The molecular formula is C12H16NO2. The van der Waals surface area contributed by atoms with Crippen LogP contribution in [0.5, 0.6) is 5.75 Å². The molecule has 0 heterocycles. The number of amides is 1. The first-order valence-corrected chi connectivity index (χ1v) is 5.01. The number of carbonyl (C=O) groups is 1. The van der Waals surface area contributed by atoms with Crippen molar-refractivity contribution in [1.29, 1.82) is 0 Å². The first-order chi connectivity index (χ1) is 7.20. The maximum atomic E-state index is 10.9. The summed E-state index contributed by atoms with van der Waals surface area (Å²) in [5.41, 5.74) is 0. The Bertz CT molecular complexity index is 298. The molecule has 0 fully saturated rings. The molecule has 1 amide bonds. The maximum Gasteiger partial charge on any atom is 0.219 e. The van der Waals surface area contributed by atoms with Crippen molar-refractivity contribution in [3.05, 3.63) is 30.3 Å². The zero-order chi connectivity index (χ0) is 11.1. The van der Waals surface area contributed by atoms with Gasteiger partial charge in [-0.1, -0.05) is 12.1 Å². The second kappa shape index (κ2) is 6.06. The van der Waals surface area contributed by atoms with Gasteiger partial charge in [-0.3, -0.25) is 4.79 Å². The smallest absolute Gasteiger partial charge is 0.219 e. The molecule has 1 rings (SSSR count). The van der Waals surface area contributed by atoms with Gasteiger partial charge in [0.25, 0.3) is 0 Å². The van der Waals surface area contributed by atoms with Crippen LogP contribution in [-0.4, -0.2) is 31.0 Å². The quantitative estimate of drug-likeness (QED) is 0.687. The van der Waals surface area contributed by atoms with Crippen LogP contribution in [0.2, 0.25) is 0 Å². The van der Waals surface area contributed by atoms with Gasteiger partial charge in [-0.2, -0.15) is 0 Å². The molecule has 0 bridgehead atoms. The molecule has 1 aromatic rings. The topological polar surface area (TPSA) is 29.5 Å². The van der Waals surface area contributed by atoms with E-state index in [1.54, 1.807) is 24.9 Å². The maximum absolute atomic E-state index is 10.9. The fraction of sp³-hybridized carbons (Fsp3) is 0.417. The minimum absolute atomic E-state index is 0.0862. The Balaban J connectivity index is 2.15. The van der Waals surface area contributed by atoms with Crippen LogP contribution in [0, 0.1) is 6.07 Å². The molecule has 0 atom stereocenters. The SMILES string of the molecule is CC(=O)N(C)CCCOc1c[c]ccc1. The number of rotatable bonds is 5. The van der Waals surface area contributed by atoms with Gasteiger partial charge in [-0.05, 0) is 24.6 Å². The molecule has 3 heteroatoms. The molecule has 15 heavy (non-hydrogen) atoms. The molecule has 0 unspecified atom stereocenters. The monoisotopic (exact) mass is 206 g/mol. The van der Waals surface area contributed by atoms with Crippen molar-refractivity contribution >= 4 is 5.91 Å². The molecule has 0 saturated carbocycles. The van der Waals surface area contributed by atoms with Crippen LogP contribution in [0.4, 0.5) is 0 Å². The molecule has 1 radical (unpaired) electrons. The highest BCUT2D eigenvalue weighted by atomic mass is 16.5. The molecule has 3 nitrogen and oxygen atoms in total. The zero-order valence-corrected chi connectivity index (χ0v) is 9.19. The zero-order valence-electron chi connectivity index (χ0n) is 9.19. The molecule has 0 saturated heterocycles. The largest absolute Gasteiger partial charge is 0.494 e. The Morgan fingerprint density at radius 1 is 1.60 bits per heavy atom. The van der Waals surface area contributed by atoms with E-state index in [-0.39, 0.29) is 5.91 Å². The summed E-state index contributed by atoms with van der Waals surface area (Å²) in [4.78, 5) is 12.6. The minimum atomic E-state index is 0.0862. The Hall–Kier alpha value is -1.51. The summed E-state index contributed by atoms with van der Waals surface area (Å²) in [6, 6.07) is 10.3. The lowest BCUT2D eigenvalue weighted by atomic mass is 10.3. The van der Waals surface area contributed by atoms with Gasteiger partial charge in [0.2, 0.25) is 5.91 Å². The van der Waals surface area contributed by atoms with Gasteiger partial charge in [0.05, 0.1) is 6.61 Å². The lowest BCUT2D eigenvalue weighted by molar-refractivity contribution is -0.127. The summed E-state index contributed by atoms with van der Waals surface area (Å²) >= 11 is 0. The normalized spacial score (nSPS) is 9.73. The van der Waals surface area contributed by atoms with Crippen LogP contribution < -0.4 is 4.74 Å². The molecule has 1 aromatic carbocycles. The van der Waals surface area contributed by atoms with Gasteiger partial charge in [0.15, 0.2) is 0 Å². The second-order valence-electron chi connectivity index (χ2n) is 3.38. The lowest BCUT2D eigenvalue weighted by Crippen LogP contribution is -2.25. The van der Waals surface area contributed by atoms with Crippen LogP contribution in [0.15, 0.2) is 24.3 Å². The molecule has 0 N–H and O–H groups in total. The third kappa shape index (κ3) is 4.49. The second-order valence-corrected chi connectivity index (χ2v) is 3.38. The summed E-state index contributed by atoms with van der Waals surface area (Å²) in [5, 5.41) is 0. The molecule has 0 spiro atoms. The van der Waals surface area contributed by atoms with Gasteiger partial charge in [0, 0.05) is 20.5 Å². The van der Waals surface area contributed by atoms with Crippen molar-refractivity contribution < 1.29 is 9.53 Å². The highest BCUT2D eigenvalue weighted by Gasteiger charge is 2.00. The fourth-order valence-electron chi connectivity index (χ4n) is 1.12. The highest BCUT2D eigenvalue weighted by Crippen LogP contribution is 2.07. The number of benzene rings is 1. The lowest BCUT2D eigenvalue weighted by Gasteiger charge is -2.14. The van der Waals surface area contributed by atoms with Crippen molar-refractivity contribution in [3.8, 4) is 5.75 Å². The average Bonchev–Trinajstić information content (AvgIpc) is 2.25. The third-order valence-corrected chi connectivity index (χ3v) is 2.12. The molecule has 0 aliphatic heterocycles. The number of hydrogen-bond acceptors (Lipinski definition) is 2. The Morgan fingerprint density at radius 3 is 3.00 bits per heavy atom. The van der Waals surface area contributed by atoms with E-state index in [1.807, 2.05) is 18.2 Å². The van der Waals surface area contributed by atoms with Crippen LogP contribution in [0.25, 0.3) is 0 Å². The van der Waals surface area contributed by atoms with E-state index in [0.717, 1.165) is 18.7 Å². The summed E-state index contributed by atoms with van der Waals surface area (Å²) in [6.45, 7) is 2.91. The predicted octanol–water partition coefficient (Wildman–Crippen LogP) is 1.73. The van der Waals surface area contributed by atoms with E-state index in [9.17, 15) is 4.79 Å². The summed E-state index contributed by atoms with van der Waals surface area (Å²) < 4.78 is 5.47. The Morgan fingerprint density at radius 2 is 2.40 bits per heavy atom. The van der Waals surface area contributed by atoms with Crippen molar-refractivity contribution in [2.24, 2.45) is 0 Å². The van der Waals surface area contributed by atoms with E-state index < -0.39 is 0 Å². The number of ether oxygens (including phenoxy) is 1.